The lowest BCUT2D eigenvalue weighted by atomic mass is 10.1. The van der Waals surface area contributed by atoms with Crippen LogP contribution < -0.4 is 4.90 Å². The number of imide groups is 1. The number of rotatable bonds is 11. The third-order valence-corrected chi connectivity index (χ3v) is 6.96. The molecule has 0 bridgehead atoms. The first-order valence-corrected chi connectivity index (χ1v) is 13.5. The first kappa shape index (κ1) is 31.5. The molecule has 0 aromatic heterocycles. The number of carbonyl (C=O) groups is 6. The van der Waals surface area contributed by atoms with Crippen LogP contribution in [-0.2, 0) is 9.47 Å². The maximum atomic E-state index is 13.4. The lowest BCUT2D eigenvalue weighted by molar-refractivity contribution is -0.385. The minimum Gasteiger partial charge on any atom is -0.454 e. The minimum atomic E-state index is -1.03. The van der Waals surface area contributed by atoms with E-state index in [0.717, 1.165) is 30.3 Å². The number of carbonyl (C=O) groups excluding carboxylic acids is 6. The van der Waals surface area contributed by atoms with Crippen molar-refractivity contribution in [1.29, 1.82) is 0 Å². The second kappa shape index (κ2) is 13.0. The number of fused-ring (bicyclic) bond motifs is 1. The van der Waals surface area contributed by atoms with Gasteiger partial charge in [0.2, 0.25) is 0 Å². The van der Waals surface area contributed by atoms with Crippen LogP contribution in [0.25, 0.3) is 0 Å². The number of para-hydroxylation sites is 1. The Morgan fingerprint density at radius 3 is 1.60 bits per heavy atom. The highest BCUT2D eigenvalue weighted by molar-refractivity contribution is 6.35. The summed E-state index contributed by atoms with van der Waals surface area (Å²) in [6.07, 6.45) is 0. The maximum absolute atomic E-state index is 13.4. The molecule has 0 fully saturated rings. The molecular formula is C32H19N3O12. The number of anilines is 1. The number of amides is 2. The molecule has 0 saturated heterocycles. The maximum Gasteiger partial charge on any atom is 0.340 e. The summed E-state index contributed by atoms with van der Waals surface area (Å²) < 4.78 is 10.2. The van der Waals surface area contributed by atoms with Crippen molar-refractivity contribution in [2.75, 3.05) is 18.1 Å². The topological polar surface area (TPSA) is 210 Å². The Morgan fingerprint density at radius 2 is 1.06 bits per heavy atom. The van der Waals surface area contributed by atoms with Gasteiger partial charge in [0.1, 0.15) is 0 Å². The smallest absolute Gasteiger partial charge is 0.340 e. The van der Waals surface area contributed by atoms with Crippen LogP contribution in [0.15, 0.2) is 91.0 Å². The molecule has 0 N–H and O–H groups in total. The van der Waals surface area contributed by atoms with Gasteiger partial charge in [-0.2, -0.15) is 0 Å². The standard InChI is InChI=1S/C32H19N3O12/c36-27(18-5-10-21(11-6-18)34(42)43)16-46-31(40)20-9-14-23-25(15-20)30(39)33(29(23)38)26-4-2-1-3-24(26)32(41)47-17-28(37)19-7-12-22(13-8-19)35(44)45/h1-15H,16-17H2. The Morgan fingerprint density at radius 1 is 0.596 bits per heavy atom. The van der Waals surface area contributed by atoms with Crippen LogP contribution in [0.4, 0.5) is 17.1 Å². The number of ether oxygens (including phenoxy) is 2. The fraction of sp³-hybridized carbons (Fsp3) is 0.0625. The molecular weight excluding hydrogens is 618 g/mol. The first-order chi connectivity index (χ1) is 22.5. The van der Waals surface area contributed by atoms with Gasteiger partial charge in [0.25, 0.3) is 23.2 Å². The van der Waals surface area contributed by atoms with Crippen molar-refractivity contribution in [3.05, 3.63) is 145 Å². The van der Waals surface area contributed by atoms with Crippen LogP contribution in [0.3, 0.4) is 0 Å². The predicted octanol–water partition coefficient (Wildman–Crippen LogP) is 4.38. The second-order valence-corrected chi connectivity index (χ2v) is 9.83. The third-order valence-electron chi connectivity index (χ3n) is 6.96. The van der Waals surface area contributed by atoms with Gasteiger partial charge in [-0.1, -0.05) is 12.1 Å². The molecule has 0 spiro atoms. The Labute approximate surface area is 263 Å². The number of nitro benzene ring substituents is 2. The first-order valence-electron chi connectivity index (χ1n) is 13.5. The molecule has 0 atom stereocenters. The molecule has 4 aromatic rings. The van der Waals surface area contributed by atoms with Gasteiger partial charge in [-0.05, 0) is 54.6 Å². The Kier molecular flexibility index (Phi) is 8.71. The average molecular weight is 638 g/mol. The number of hydrogen-bond donors (Lipinski definition) is 0. The van der Waals surface area contributed by atoms with E-state index in [2.05, 4.69) is 0 Å². The predicted molar refractivity (Wildman–Crippen MR) is 159 cm³/mol. The molecule has 4 aromatic carbocycles. The molecule has 2 amide bonds. The van der Waals surface area contributed by atoms with E-state index in [0.29, 0.717) is 4.90 Å². The Balaban J connectivity index is 1.27. The summed E-state index contributed by atoms with van der Waals surface area (Å²) in [5, 5.41) is 21.6. The second-order valence-electron chi connectivity index (χ2n) is 9.83. The molecule has 1 aliphatic rings. The summed E-state index contributed by atoms with van der Waals surface area (Å²) in [5.74, 6) is -4.98. The van der Waals surface area contributed by atoms with Crippen LogP contribution in [0.1, 0.15) is 62.1 Å². The summed E-state index contributed by atoms with van der Waals surface area (Å²) in [5.41, 5.74) is -1.10. The highest BCUT2D eigenvalue weighted by Crippen LogP contribution is 2.32. The quantitative estimate of drug-likeness (QED) is 0.0737. The molecule has 0 aliphatic carbocycles. The summed E-state index contributed by atoms with van der Waals surface area (Å²) in [7, 11) is 0. The summed E-state index contributed by atoms with van der Waals surface area (Å²) in [6.45, 7) is -1.43. The fourth-order valence-electron chi connectivity index (χ4n) is 4.56. The summed E-state index contributed by atoms with van der Waals surface area (Å²) >= 11 is 0. The Bertz CT molecular complexity index is 2000. The number of non-ortho nitro benzene ring substituents is 2. The van der Waals surface area contributed by atoms with Crippen LogP contribution in [0.5, 0.6) is 0 Å². The highest BCUT2D eigenvalue weighted by atomic mass is 16.6. The van der Waals surface area contributed by atoms with Gasteiger partial charge in [0.05, 0.1) is 37.8 Å². The van der Waals surface area contributed by atoms with Gasteiger partial charge in [0.15, 0.2) is 24.8 Å². The average Bonchev–Trinajstić information content (AvgIpc) is 3.33. The number of nitrogens with zero attached hydrogens (tertiary/aromatic N) is 3. The van der Waals surface area contributed by atoms with Gasteiger partial charge < -0.3 is 9.47 Å². The van der Waals surface area contributed by atoms with E-state index in [9.17, 15) is 49.0 Å². The van der Waals surface area contributed by atoms with E-state index in [1.54, 1.807) is 0 Å². The molecule has 234 valence electrons. The van der Waals surface area contributed by atoms with Crippen LogP contribution in [0.2, 0.25) is 0 Å². The van der Waals surface area contributed by atoms with Gasteiger partial charge in [-0.25, -0.2) is 14.5 Å². The molecule has 47 heavy (non-hydrogen) atoms. The number of nitro groups is 2. The third kappa shape index (κ3) is 6.48. The molecule has 1 heterocycles. The monoisotopic (exact) mass is 637 g/mol. The molecule has 15 heteroatoms. The van der Waals surface area contributed by atoms with E-state index in [4.69, 9.17) is 9.47 Å². The largest absolute Gasteiger partial charge is 0.454 e. The van der Waals surface area contributed by atoms with Crippen molar-refractivity contribution in [2.24, 2.45) is 0 Å². The summed E-state index contributed by atoms with van der Waals surface area (Å²) in [6, 6.07) is 18.4. The van der Waals surface area contributed by atoms with E-state index in [1.165, 1.54) is 60.7 Å². The fourth-order valence-corrected chi connectivity index (χ4v) is 4.56. The van der Waals surface area contributed by atoms with E-state index < -0.39 is 58.4 Å². The minimum absolute atomic E-state index is 0.0575. The zero-order chi connectivity index (χ0) is 33.8. The van der Waals surface area contributed by atoms with Gasteiger partial charge in [-0.15, -0.1) is 0 Å². The van der Waals surface area contributed by atoms with Crippen molar-refractivity contribution < 1.29 is 48.1 Å². The number of hydrogen-bond acceptors (Lipinski definition) is 12. The van der Waals surface area contributed by atoms with Gasteiger partial charge in [0, 0.05) is 35.4 Å². The van der Waals surface area contributed by atoms with Crippen molar-refractivity contribution >= 4 is 52.4 Å². The molecule has 0 saturated carbocycles. The van der Waals surface area contributed by atoms with Gasteiger partial charge >= 0.3 is 11.9 Å². The number of ketones is 2. The van der Waals surface area contributed by atoms with Crippen LogP contribution >= 0.6 is 0 Å². The van der Waals surface area contributed by atoms with Crippen LogP contribution in [-0.4, -0.2) is 58.4 Å². The molecule has 15 nitrogen and oxygen atoms in total. The Hall–Kier alpha value is -6.90. The van der Waals surface area contributed by atoms with Crippen LogP contribution in [0, 0.1) is 20.2 Å². The molecule has 5 rings (SSSR count). The van der Waals surface area contributed by atoms with Gasteiger partial charge in [-0.3, -0.25) is 39.4 Å². The molecule has 0 unspecified atom stereocenters. The molecule has 1 aliphatic heterocycles. The number of esters is 2. The van der Waals surface area contributed by atoms with Crippen molar-refractivity contribution in [3.63, 3.8) is 0 Å². The highest BCUT2D eigenvalue weighted by Gasteiger charge is 2.39. The van der Waals surface area contributed by atoms with E-state index in [1.807, 2.05) is 0 Å². The van der Waals surface area contributed by atoms with E-state index >= 15 is 0 Å². The van der Waals surface area contributed by atoms with Crippen molar-refractivity contribution in [1.82, 2.24) is 0 Å². The number of Topliss-reactive ketones (excluding diaryl/α,β-unsaturated/α-hetero) is 2. The zero-order valence-electron chi connectivity index (χ0n) is 23.8. The SMILES string of the molecule is O=C(COC(=O)c1ccc2c(c1)C(=O)N(c1ccccc1C(=O)OCC(=O)c1ccc([N+](=O)[O-])cc1)C2=O)c1ccc([N+](=O)[O-])cc1. The molecule has 0 radical (unpaired) electrons. The zero-order valence-corrected chi connectivity index (χ0v) is 23.8. The normalized spacial score (nSPS) is 11.9. The summed E-state index contributed by atoms with van der Waals surface area (Å²) in [4.78, 5) is 98.3. The lowest BCUT2D eigenvalue weighted by Gasteiger charge is -2.17. The van der Waals surface area contributed by atoms with Crippen molar-refractivity contribution in [3.8, 4) is 0 Å². The van der Waals surface area contributed by atoms with E-state index in [-0.39, 0.29) is 50.4 Å². The lowest BCUT2D eigenvalue weighted by Crippen LogP contribution is -2.31. The van der Waals surface area contributed by atoms with Crippen molar-refractivity contribution in [2.45, 2.75) is 0 Å². The number of benzene rings is 4.